The van der Waals surface area contributed by atoms with Crippen molar-refractivity contribution in [1.29, 1.82) is 0 Å². The van der Waals surface area contributed by atoms with Crippen molar-refractivity contribution in [3.63, 3.8) is 0 Å². The number of likely N-dealkylation sites (tertiary alicyclic amines) is 1. The van der Waals surface area contributed by atoms with Crippen LogP contribution in [0.3, 0.4) is 0 Å². The number of nitrogens with one attached hydrogen (secondary N) is 1. The molecular weight excluding hydrogens is 148 g/mol. The van der Waals surface area contributed by atoms with Crippen molar-refractivity contribution < 1.29 is 0 Å². The van der Waals surface area contributed by atoms with E-state index in [4.69, 9.17) is 0 Å². The van der Waals surface area contributed by atoms with Crippen LogP contribution in [0.2, 0.25) is 0 Å². The van der Waals surface area contributed by atoms with Crippen LogP contribution in [0.4, 0.5) is 0 Å². The maximum absolute atomic E-state index is 3.36. The summed E-state index contributed by atoms with van der Waals surface area (Å²) in [6.45, 7) is 8.60. The second kappa shape index (κ2) is 3.35. The highest BCUT2D eigenvalue weighted by atomic mass is 15.2. The second-order valence-electron chi connectivity index (χ2n) is 4.42. The number of rotatable bonds is 5. The average Bonchev–Trinajstić information content (AvgIpc) is 2.76. The fourth-order valence-corrected chi connectivity index (χ4v) is 2.16. The number of hydrogen-bond donors (Lipinski definition) is 1. The van der Waals surface area contributed by atoms with Gasteiger partial charge in [0.05, 0.1) is 0 Å². The summed E-state index contributed by atoms with van der Waals surface area (Å²) < 4.78 is 0. The molecule has 0 radical (unpaired) electrons. The van der Waals surface area contributed by atoms with Crippen molar-refractivity contribution in [1.82, 2.24) is 10.2 Å². The zero-order valence-electron chi connectivity index (χ0n) is 8.10. The summed E-state index contributed by atoms with van der Waals surface area (Å²) in [5, 5.41) is 3.36. The Kier molecular flexibility index (Phi) is 2.37. The molecule has 12 heavy (non-hydrogen) atoms. The first-order valence-corrected chi connectivity index (χ1v) is 5.28. The molecule has 0 bridgehead atoms. The molecule has 2 nitrogen and oxygen atoms in total. The van der Waals surface area contributed by atoms with Gasteiger partial charge in [-0.1, -0.05) is 6.92 Å². The lowest BCUT2D eigenvalue weighted by Crippen LogP contribution is -2.48. The molecule has 1 N–H and O–H groups in total. The van der Waals surface area contributed by atoms with Crippen molar-refractivity contribution in [2.75, 3.05) is 32.7 Å². The third kappa shape index (κ3) is 1.80. The predicted molar refractivity (Wildman–Crippen MR) is 51.3 cm³/mol. The highest BCUT2D eigenvalue weighted by Gasteiger charge is 2.51. The van der Waals surface area contributed by atoms with Gasteiger partial charge in [-0.25, -0.2) is 0 Å². The monoisotopic (exact) mass is 168 g/mol. The van der Waals surface area contributed by atoms with E-state index in [2.05, 4.69) is 17.1 Å². The van der Waals surface area contributed by atoms with Gasteiger partial charge >= 0.3 is 0 Å². The zero-order chi connectivity index (χ0) is 8.44. The molecule has 1 aliphatic carbocycles. The maximum atomic E-state index is 3.36. The Labute approximate surface area is 75.3 Å². The van der Waals surface area contributed by atoms with Crippen LogP contribution in [0, 0.1) is 5.41 Å². The van der Waals surface area contributed by atoms with Gasteiger partial charge in [0.2, 0.25) is 0 Å². The minimum absolute atomic E-state index is 0.845. The molecule has 70 valence electrons. The normalized spacial score (nSPS) is 25.8. The van der Waals surface area contributed by atoms with Gasteiger partial charge < -0.3 is 10.2 Å². The molecule has 0 unspecified atom stereocenters. The van der Waals surface area contributed by atoms with Gasteiger partial charge in [0.25, 0.3) is 0 Å². The van der Waals surface area contributed by atoms with Crippen LogP contribution >= 0.6 is 0 Å². The highest BCUT2D eigenvalue weighted by molar-refractivity contribution is 5.04. The fourth-order valence-electron chi connectivity index (χ4n) is 2.16. The fraction of sp³-hybridized carbons (Fsp3) is 1.00. The minimum Gasteiger partial charge on any atom is -0.317 e. The molecule has 2 fully saturated rings. The summed E-state index contributed by atoms with van der Waals surface area (Å²) in [6.07, 6.45) is 4.34. The lowest BCUT2D eigenvalue weighted by atomic mass is 9.97. The zero-order valence-corrected chi connectivity index (χ0v) is 8.10. The van der Waals surface area contributed by atoms with Gasteiger partial charge in [0.15, 0.2) is 0 Å². The number of nitrogens with zero attached hydrogens (tertiary/aromatic N) is 1. The van der Waals surface area contributed by atoms with E-state index >= 15 is 0 Å². The Morgan fingerprint density at radius 2 is 2.08 bits per heavy atom. The van der Waals surface area contributed by atoms with Crippen molar-refractivity contribution in [3.05, 3.63) is 0 Å². The van der Waals surface area contributed by atoms with Crippen LogP contribution < -0.4 is 5.32 Å². The molecule has 1 saturated carbocycles. The lowest BCUT2D eigenvalue weighted by Gasteiger charge is -2.40. The molecule has 1 heterocycles. The van der Waals surface area contributed by atoms with E-state index in [1.807, 2.05) is 0 Å². The van der Waals surface area contributed by atoms with E-state index in [0.29, 0.717) is 0 Å². The summed E-state index contributed by atoms with van der Waals surface area (Å²) in [4.78, 5) is 2.60. The summed E-state index contributed by atoms with van der Waals surface area (Å²) in [6, 6.07) is 0. The molecule has 2 rings (SSSR count). The van der Waals surface area contributed by atoms with Crippen LogP contribution in [-0.2, 0) is 0 Å². The molecule has 0 atom stereocenters. The molecule has 0 aromatic heterocycles. The summed E-state index contributed by atoms with van der Waals surface area (Å²) >= 11 is 0. The lowest BCUT2D eigenvalue weighted by molar-refractivity contribution is 0.0808. The predicted octanol–water partition coefficient (Wildman–Crippen LogP) is 1.08. The molecule has 2 aliphatic rings. The van der Waals surface area contributed by atoms with Crippen molar-refractivity contribution >= 4 is 0 Å². The largest absolute Gasteiger partial charge is 0.317 e. The Bertz CT molecular complexity index is 144. The molecule has 0 aromatic carbocycles. The van der Waals surface area contributed by atoms with Crippen LogP contribution in [0.25, 0.3) is 0 Å². The smallest absolute Gasteiger partial charge is 0.00505 e. The first-order valence-electron chi connectivity index (χ1n) is 5.28. The third-order valence-electron chi connectivity index (χ3n) is 3.15. The Balaban J connectivity index is 1.47. The molecule has 2 heteroatoms. The molecule has 1 aliphatic heterocycles. The molecule has 0 amide bonds. The van der Waals surface area contributed by atoms with E-state index in [0.717, 1.165) is 12.0 Å². The summed E-state index contributed by atoms with van der Waals surface area (Å²) in [7, 11) is 0. The average molecular weight is 168 g/mol. The number of hydrogen-bond acceptors (Lipinski definition) is 2. The van der Waals surface area contributed by atoms with E-state index in [1.165, 1.54) is 45.4 Å². The van der Waals surface area contributed by atoms with Crippen LogP contribution in [0.15, 0.2) is 0 Å². The van der Waals surface area contributed by atoms with Crippen molar-refractivity contribution in [2.45, 2.75) is 26.2 Å². The Morgan fingerprint density at radius 1 is 1.33 bits per heavy atom. The van der Waals surface area contributed by atoms with Crippen molar-refractivity contribution in [3.8, 4) is 0 Å². The second-order valence-corrected chi connectivity index (χ2v) is 4.42. The Hall–Kier alpha value is -0.0800. The van der Waals surface area contributed by atoms with Gasteiger partial charge in [-0.2, -0.15) is 0 Å². The van der Waals surface area contributed by atoms with E-state index < -0.39 is 0 Å². The maximum Gasteiger partial charge on any atom is 0.00505 e. The molecule has 1 spiro atoms. The van der Waals surface area contributed by atoms with E-state index in [1.54, 1.807) is 0 Å². The van der Waals surface area contributed by atoms with E-state index in [-0.39, 0.29) is 0 Å². The van der Waals surface area contributed by atoms with Gasteiger partial charge in [-0.05, 0) is 44.3 Å². The van der Waals surface area contributed by atoms with Crippen LogP contribution in [0.1, 0.15) is 26.2 Å². The van der Waals surface area contributed by atoms with Gasteiger partial charge in [0, 0.05) is 13.1 Å². The standard InChI is InChI=1S/C10H20N2/c1-2-11-6-3-7-12-8-10(9-12)4-5-10/h11H,2-9H2,1H3. The van der Waals surface area contributed by atoms with Gasteiger partial charge in [-0.15, -0.1) is 0 Å². The van der Waals surface area contributed by atoms with Crippen LogP contribution in [0.5, 0.6) is 0 Å². The van der Waals surface area contributed by atoms with Gasteiger partial charge in [-0.3, -0.25) is 0 Å². The SMILES string of the molecule is CCNCCCN1CC2(CC2)C1. The highest BCUT2D eigenvalue weighted by Crippen LogP contribution is 2.52. The van der Waals surface area contributed by atoms with Crippen LogP contribution in [-0.4, -0.2) is 37.6 Å². The molecule has 0 aromatic rings. The molecule has 1 saturated heterocycles. The summed E-state index contributed by atoms with van der Waals surface area (Å²) in [5.74, 6) is 0. The van der Waals surface area contributed by atoms with E-state index in [9.17, 15) is 0 Å². The quantitative estimate of drug-likeness (QED) is 0.618. The topological polar surface area (TPSA) is 15.3 Å². The molecular formula is C10H20N2. The minimum atomic E-state index is 0.845. The van der Waals surface area contributed by atoms with Crippen molar-refractivity contribution in [2.24, 2.45) is 5.41 Å². The first-order chi connectivity index (χ1) is 5.85. The van der Waals surface area contributed by atoms with Gasteiger partial charge in [0.1, 0.15) is 0 Å². The Morgan fingerprint density at radius 3 is 2.67 bits per heavy atom. The third-order valence-corrected chi connectivity index (χ3v) is 3.15. The first kappa shape index (κ1) is 8.52. The summed E-state index contributed by atoms with van der Waals surface area (Å²) in [5.41, 5.74) is 0.845.